The standard InChI is InChI=1S/C20H28N2O4/c23-19(24)16-7-9-17(10-8-16)21-20(25)22-12-13-26-18(14-22)11-6-15-4-2-1-3-5-15/h1-5,16-18H,6-14H2,(H,21,25)(H,23,24). The fourth-order valence-electron chi connectivity index (χ4n) is 3.80. The van der Waals surface area contributed by atoms with Gasteiger partial charge < -0.3 is 20.1 Å². The molecule has 1 atom stereocenters. The molecular weight excluding hydrogens is 332 g/mol. The highest BCUT2D eigenvalue weighted by Gasteiger charge is 2.29. The smallest absolute Gasteiger partial charge is 0.317 e. The second kappa shape index (κ2) is 9.03. The van der Waals surface area contributed by atoms with Gasteiger partial charge in [0, 0.05) is 19.1 Å². The second-order valence-corrected chi connectivity index (χ2v) is 7.30. The Morgan fingerprint density at radius 2 is 1.88 bits per heavy atom. The lowest BCUT2D eigenvalue weighted by Gasteiger charge is -2.35. The summed E-state index contributed by atoms with van der Waals surface area (Å²) in [7, 11) is 0. The molecule has 142 valence electrons. The topological polar surface area (TPSA) is 78.9 Å². The third-order valence-corrected chi connectivity index (χ3v) is 5.43. The van der Waals surface area contributed by atoms with Crippen molar-refractivity contribution in [3.05, 3.63) is 35.9 Å². The van der Waals surface area contributed by atoms with Crippen molar-refractivity contribution in [3.63, 3.8) is 0 Å². The third-order valence-electron chi connectivity index (χ3n) is 5.43. The molecule has 6 heteroatoms. The average molecular weight is 360 g/mol. The molecule has 1 aliphatic carbocycles. The number of rotatable bonds is 5. The number of aryl methyl sites for hydroxylation is 1. The predicted molar refractivity (Wildman–Crippen MR) is 98.0 cm³/mol. The molecule has 1 aliphatic heterocycles. The van der Waals surface area contributed by atoms with Crippen LogP contribution in [0.1, 0.15) is 37.7 Å². The highest BCUT2D eigenvalue weighted by atomic mass is 16.5. The number of benzene rings is 1. The van der Waals surface area contributed by atoms with E-state index in [9.17, 15) is 9.59 Å². The zero-order chi connectivity index (χ0) is 18.4. The van der Waals surface area contributed by atoms with Gasteiger partial charge in [0.1, 0.15) is 0 Å². The molecule has 26 heavy (non-hydrogen) atoms. The Hall–Kier alpha value is -2.08. The molecule has 1 heterocycles. The van der Waals surface area contributed by atoms with Crippen molar-refractivity contribution in [2.75, 3.05) is 19.7 Å². The number of carbonyl (C=O) groups excluding carboxylic acids is 1. The molecule has 1 saturated carbocycles. The number of nitrogens with zero attached hydrogens (tertiary/aromatic N) is 1. The maximum atomic E-state index is 12.5. The zero-order valence-electron chi connectivity index (χ0n) is 15.1. The van der Waals surface area contributed by atoms with Crippen LogP contribution in [0.15, 0.2) is 30.3 Å². The zero-order valence-corrected chi connectivity index (χ0v) is 15.1. The summed E-state index contributed by atoms with van der Waals surface area (Å²) in [6.45, 7) is 1.79. The van der Waals surface area contributed by atoms with E-state index in [0.717, 1.165) is 25.7 Å². The SMILES string of the molecule is O=C(O)C1CCC(NC(=O)N2CCOC(CCc3ccccc3)C2)CC1. The van der Waals surface area contributed by atoms with Crippen molar-refractivity contribution in [2.45, 2.75) is 50.7 Å². The highest BCUT2D eigenvalue weighted by Crippen LogP contribution is 2.24. The molecule has 0 aromatic heterocycles. The number of nitrogens with one attached hydrogen (secondary N) is 1. The number of amides is 2. The first-order valence-electron chi connectivity index (χ1n) is 9.55. The van der Waals surface area contributed by atoms with Crippen LogP contribution in [0.2, 0.25) is 0 Å². The summed E-state index contributed by atoms with van der Waals surface area (Å²) < 4.78 is 5.82. The maximum Gasteiger partial charge on any atom is 0.317 e. The van der Waals surface area contributed by atoms with E-state index in [1.807, 2.05) is 23.1 Å². The van der Waals surface area contributed by atoms with Crippen molar-refractivity contribution in [1.29, 1.82) is 0 Å². The minimum absolute atomic E-state index is 0.0446. The first-order valence-corrected chi connectivity index (χ1v) is 9.55. The Morgan fingerprint density at radius 3 is 2.58 bits per heavy atom. The highest BCUT2D eigenvalue weighted by molar-refractivity contribution is 5.75. The molecule has 2 fully saturated rings. The van der Waals surface area contributed by atoms with E-state index in [2.05, 4.69) is 17.4 Å². The Morgan fingerprint density at radius 1 is 1.15 bits per heavy atom. The van der Waals surface area contributed by atoms with E-state index in [-0.39, 0.29) is 24.1 Å². The van der Waals surface area contributed by atoms with Crippen molar-refractivity contribution in [2.24, 2.45) is 5.92 Å². The number of carboxylic acid groups (broad SMARTS) is 1. The van der Waals surface area contributed by atoms with Crippen LogP contribution in [0, 0.1) is 5.92 Å². The Balaban J connectivity index is 1.42. The summed E-state index contributed by atoms with van der Waals surface area (Å²) in [5, 5.41) is 12.1. The Kier molecular flexibility index (Phi) is 6.50. The summed E-state index contributed by atoms with van der Waals surface area (Å²) in [6, 6.07) is 10.4. The molecule has 0 radical (unpaired) electrons. The number of aliphatic carboxylic acids is 1. The largest absolute Gasteiger partial charge is 0.481 e. The molecule has 0 spiro atoms. The maximum absolute atomic E-state index is 12.5. The van der Waals surface area contributed by atoms with Crippen LogP contribution in [0.25, 0.3) is 0 Å². The molecule has 0 bridgehead atoms. The van der Waals surface area contributed by atoms with Crippen molar-refractivity contribution in [3.8, 4) is 0 Å². The van der Waals surface area contributed by atoms with Gasteiger partial charge in [0.05, 0.1) is 18.6 Å². The summed E-state index contributed by atoms with van der Waals surface area (Å²) in [5.41, 5.74) is 1.29. The van der Waals surface area contributed by atoms with Gasteiger partial charge >= 0.3 is 12.0 Å². The van der Waals surface area contributed by atoms with Crippen molar-refractivity contribution in [1.82, 2.24) is 10.2 Å². The molecule has 1 saturated heterocycles. The first kappa shape index (κ1) is 18.7. The Bertz CT molecular complexity index is 599. The van der Waals surface area contributed by atoms with Gasteiger partial charge in [-0.05, 0) is 44.1 Å². The second-order valence-electron chi connectivity index (χ2n) is 7.30. The van der Waals surface area contributed by atoms with E-state index < -0.39 is 5.97 Å². The molecule has 2 amide bonds. The van der Waals surface area contributed by atoms with E-state index in [1.165, 1.54) is 5.56 Å². The van der Waals surface area contributed by atoms with E-state index >= 15 is 0 Å². The minimum atomic E-state index is -0.718. The number of ether oxygens (including phenoxy) is 1. The first-order chi connectivity index (χ1) is 12.6. The molecule has 3 rings (SSSR count). The van der Waals surface area contributed by atoms with E-state index in [0.29, 0.717) is 32.5 Å². The molecule has 1 unspecified atom stereocenters. The fourth-order valence-corrected chi connectivity index (χ4v) is 3.80. The summed E-state index contributed by atoms with van der Waals surface area (Å²) in [4.78, 5) is 25.4. The number of carboxylic acids is 1. The van der Waals surface area contributed by atoms with Crippen molar-refractivity contribution >= 4 is 12.0 Å². The number of carbonyl (C=O) groups is 2. The van der Waals surface area contributed by atoms with Crippen LogP contribution >= 0.6 is 0 Å². The third kappa shape index (κ3) is 5.21. The predicted octanol–water partition coefficient (Wildman–Crippen LogP) is 2.67. The summed E-state index contributed by atoms with van der Waals surface area (Å²) in [5.74, 6) is -0.974. The lowest BCUT2D eigenvalue weighted by Crippen LogP contribution is -2.52. The van der Waals surface area contributed by atoms with Crippen LogP contribution < -0.4 is 5.32 Å². The van der Waals surface area contributed by atoms with Gasteiger partial charge in [-0.15, -0.1) is 0 Å². The molecule has 1 aromatic rings. The Labute approximate surface area is 154 Å². The lowest BCUT2D eigenvalue weighted by atomic mass is 9.86. The van der Waals surface area contributed by atoms with E-state index in [1.54, 1.807) is 0 Å². The molecular formula is C20H28N2O4. The number of hydrogen-bond donors (Lipinski definition) is 2. The van der Waals surface area contributed by atoms with E-state index in [4.69, 9.17) is 9.84 Å². The van der Waals surface area contributed by atoms with Crippen LogP contribution in [0.4, 0.5) is 4.79 Å². The monoisotopic (exact) mass is 360 g/mol. The van der Waals surface area contributed by atoms with Crippen LogP contribution in [0.5, 0.6) is 0 Å². The molecule has 2 aliphatic rings. The van der Waals surface area contributed by atoms with Crippen molar-refractivity contribution < 1.29 is 19.4 Å². The number of urea groups is 1. The summed E-state index contributed by atoms with van der Waals surface area (Å²) in [6.07, 6.45) is 4.68. The number of morpholine rings is 1. The van der Waals surface area contributed by atoms with Crippen LogP contribution in [0.3, 0.4) is 0 Å². The quantitative estimate of drug-likeness (QED) is 0.846. The molecule has 2 N–H and O–H groups in total. The minimum Gasteiger partial charge on any atom is -0.481 e. The van der Waals surface area contributed by atoms with Gasteiger partial charge in [0.2, 0.25) is 0 Å². The molecule has 6 nitrogen and oxygen atoms in total. The fraction of sp³-hybridized carbons (Fsp3) is 0.600. The number of hydrogen-bond acceptors (Lipinski definition) is 3. The van der Waals surface area contributed by atoms with Gasteiger partial charge in [0.15, 0.2) is 0 Å². The molecule has 1 aromatic carbocycles. The average Bonchev–Trinajstić information content (AvgIpc) is 2.68. The summed E-state index contributed by atoms with van der Waals surface area (Å²) >= 11 is 0. The van der Waals surface area contributed by atoms with Gasteiger partial charge in [-0.3, -0.25) is 4.79 Å². The van der Waals surface area contributed by atoms with Crippen LogP contribution in [-0.2, 0) is 16.0 Å². The van der Waals surface area contributed by atoms with Gasteiger partial charge in [-0.2, -0.15) is 0 Å². The van der Waals surface area contributed by atoms with Gasteiger partial charge in [0.25, 0.3) is 0 Å². The van der Waals surface area contributed by atoms with Gasteiger partial charge in [-0.25, -0.2) is 4.79 Å². The lowest BCUT2D eigenvalue weighted by molar-refractivity contribution is -0.142. The normalized spacial score (nSPS) is 26.3. The van der Waals surface area contributed by atoms with Crippen LogP contribution in [-0.4, -0.2) is 53.8 Å². The van der Waals surface area contributed by atoms with Gasteiger partial charge in [-0.1, -0.05) is 30.3 Å².